The molecule has 0 aliphatic rings. The van der Waals surface area contributed by atoms with Crippen molar-refractivity contribution in [1.29, 1.82) is 0 Å². The second kappa shape index (κ2) is 3.71. The molecule has 0 amide bonds. The lowest BCUT2D eigenvalue weighted by atomic mass is 10.3. The van der Waals surface area contributed by atoms with Gasteiger partial charge in [0.05, 0.1) is 7.06 Å². The van der Waals surface area contributed by atoms with Crippen LogP contribution in [0.15, 0.2) is 24.5 Å². The van der Waals surface area contributed by atoms with Gasteiger partial charge in [0.1, 0.15) is 6.04 Å². The van der Waals surface area contributed by atoms with E-state index >= 15 is 0 Å². The zero-order valence-electron chi connectivity index (χ0n) is 7.61. The predicted molar refractivity (Wildman–Crippen MR) is 45.0 cm³/mol. The Kier molecular flexibility index (Phi) is 2.19. The Morgan fingerprint density at radius 3 is 3.25 bits per heavy atom. The topological polar surface area (TPSA) is 62.2 Å². The molecule has 0 aliphatic carbocycles. The molecule has 2 N–H and O–H groups in total. The molecule has 0 unspecified atom stereocenters. The van der Waals surface area contributed by atoms with Crippen LogP contribution in [0.25, 0.3) is 0 Å². The summed E-state index contributed by atoms with van der Waals surface area (Å²) < 4.78 is 7.34. The Morgan fingerprint density at radius 1 is 1.92 bits per heavy atom. The highest BCUT2D eigenvalue weighted by Gasteiger charge is 2.08. The van der Waals surface area contributed by atoms with Crippen molar-refractivity contribution in [2.45, 2.75) is 13.0 Å². The van der Waals surface area contributed by atoms with Gasteiger partial charge in [-0.1, -0.05) is 0 Å². The maximum atomic E-state index is 10.5. The van der Waals surface area contributed by atoms with E-state index < -0.39 is 12.0 Å². The molecule has 1 atom stereocenters. The largest absolute Gasteiger partial charge is 0.480 e. The minimum Gasteiger partial charge on any atom is -0.480 e. The summed E-state index contributed by atoms with van der Waals surface area (Å²) >= 11 is 0. The van der Waals surface area contributed by atoms with Gasteiger partial charge in [-0.25, -0.2) is 0 Å². The van der Waals surface area contributed by atoms with Crippen LogP contribution in [0.1, 0.15) is 8.29 Å². The lowest BCUT2D eigenvalue weighted by Gasteiger charge is -2.08. The number of hydrogen-bond donors (Lipinski definition) is 2. The molecule has 12 heavy (non-hydrogen) atoms. The van der Waals surface area contributed by atoms with Crippen LogP contribution in [-0.2, 0) is 4.79 Å². The van der Waals surface area contributed by atoms with Crippen molar-refractivity contribution in [1.82, 2.24) is 4.98 Å². The summed E-state index contributed by atoms with van der Waals surface area (Å²) in [6, 6.07) is 2.55. The van der Waals surface area contributed by atoms with Gasteiger partial charge in [0.15, 0.2) is 0 Å². The van der Waals surface area contributed by atoms with Gasteiger partial charge in [0.2, 0.25) is 0 Å². The highest BCUT2D eigenvalue weighted by atomic mass is 16.4. The van der Waals surface area contributed by atoms with E-state index in [2.05, 4.69) is 10.3 Å². The van der Waals surface area contributed by atoms with Crippen LogP contribution in [0.3, 0.4) is 0 Å². The number of aliphatic carboxylic acids is 1. The van der Waals surface area contributed by atoms with E-state index in [1.165, 1.54) is 13.1 Å². The smallest absolute Gasteiger partial charge is 0.325 e. The van der Waals surface area contributed by atoms with Crippen molar-refractivity contribution in [2.75, 3.05) is 5.32 Å². The summed E-state index contributed by atoms with van der Waals surface area (Å²) in [6.45, 7) is 1.51. The molecule has 64 valence electrons. The number of carboxylic acid groups (broad SMARTS) is 1. The molecular formula is C8H10N2O2. The monoisotopic (exact) mass is 167 g/mol. The number of aromatic nitrogens is 1. The highest BCUT2D eigenvalue weighted by molar-refractivity contribution is 5.76. The van der Waals surface area contributed by atoms with Gasteiger partial charge in [0, 0.05) is 12.4 Å². The van der Waals surface area contributed by atoms with E-state index in [0.717, 1.165) is 0 Å². The molecule has 1 aromatic rings. The van der Waals surface area contributed by atoms with Crippen molar-refractivity contribution in [3.63, 3.8) is 0 Å². The first-order chi connectivity index (χ1) is 6.11. The highest BCUT2D eigenvalue weighted by Crippen LogP contribution is 2.04. The zero-order chi connectivity index (χ0) is 9.84. The first-order valence-electron chi connectivity index (χ1n) is 4.02. The fraction of sp³-hybridized carbons (Fsp3) is 0.250. The van der Waals surface area contributed by atoms with Gasteiger partial charge in [0.25, 0.3) is 0 Å². The summed E-state index contributed by atoms with van der Waals surface area (Å²) in [5.74, 6) is -0.955. The average molecular weight is 167 g/mol. The Hall–Kier alpha value is -1.58. The maximum absolute atomic E-state index is 10.5. The summed E-state index contributed by atoms with van der Waals surface area (Å²) in [5.41, 5.74) is 0.428. The SMILES string of the molecule is [2H]c1ncccc1N[C@@H](C)C(=O)O. The van der Waals surface area contributed by atoms with Crippen LogP contribution in [0, 0.1) is 0 Å². The van der Waals surface area contributed by atoms with E-state index in [9.17, 15) is 4.79 Å². The summed E-state index contributed by atoms with van der Waals surface area (Å²) in [7, 11) is 0. The van der Waals surface area contributed by atoms with E-state index in [4.69, 9.17) is 6.48 Å². The Balaban J connectivity index is 2.74. The van der Waals surface area contributed by atoms with Crippen molar-refractivity contribution < 1.29 is 11.3 Å². The predicted octanol–water partition coefficient (Wildman–Crippen LogP) is 0.967. The molecule has 1 rings (SSSR count). The van der Waals surface area contributed by atoms with E-state index in [-0.39, 0.29) is 6.17 Å². The standard InChI is InChI=1S/C8H10N2O2/c1-6(8(11)12)10-7-3-2-4-9-5-7/h2-6,10H,1H3,(H,11,12)/t6-/m0/s1/i5D. The molecule has 0 aliphatic heterocycles. The van der Waals surface area contributed by atoms with Crippen molar-refractivity contribution in [2.24, 2.45) is 0 Å². The number of hydrogen-bond acceptors (Lipinski definition) is 3. The van der Waals surface area contributed by atoms with Gasteiger partial charge >= 0.3 is 5.97 Å². The minimum absolute atomic E-state index is 0.0515. The van der Waals surface area contributed by atoms with Crippen molar-refractivity contribution in [3.8, 4) is 0 Å². The van der Waals surface area contributed by atoms with Gasteiger partial charge < -0.3 is 10.4 Å². The van der Waals surface area contributed by atoms with E-state index in [0.29, 0.717) is 5.69 Å². The molecule has 0 saturated heterocycles. The summed E-state index contributed by atoms with van der Waals surface area (Å²) in [4.78, 5) is 14.2. The van der Waals surface area contributed by atoms with Crippen LogP contribution in [-0.4, -0.2) is 22.1 Å². The van der Waals surface area contributed by atoms with Gasteiger partial charge in [-0.15, -0.1) is 0 Å². The molecule has 0 saturated carbocycles. The van der Waals surface area contributed by atoms with E-state index in [1.807, 2.05) is 0 Å². The van der Waals surface area contributed by atoms with Gasteiger partial charge in [-0.2, -0.15) is 0 Å². The Bertz CT molecular complexity index is 317. The van der Waals surface area contributed by atoms with Crippen LogP contribution in [0.4, 0.5) is 5.69 Å². The molecule has 1 aromatic heterocycles. The molecular weight excluding hydrogens is 156 g/mol. The molecule has 0 aromatic carbocycles. The Labute approximate surface area is 71.7 Å². The third-order valence-electron chi connectivity index (χ3n) is 1.35. The minimum atomic E-state index is -0.955. The fourth-order valence-corrected chi connectivity index (χ4v) is 0.702. The van der Waals surface area contributed by atoms with Gasteiger partial charge in [-0.3, -0.25) is 9.78 Å². The van der Waals surface area contributed by atoms with Crippen molar-refractivity contribution in [3.05, 3.63) is 24.5 Å². The summed E-state index contributed by atoms with van der Waals surface area (Å²) in [5, 5.41) is 11.3. The van der Waals surface area contributed by atoms with Crippen LogP contribution >= 0.6 is 0 Å². The number of rotatable bonds is 3. The molecule has 4 heteroatoms. The first kappa shape index (κ1) is 7.09. The molecule has 0 radical (unpaired) electrons. The maximum Gasteiger partial charge on any atom is 0.325 e. The first-order valence-corrected chi connectivity index (χ1v) is 3.52. The molecule has 0 bridgehead atoms. The second-order valence-electron chi connectivity index (χ2n) is 2.37. The lowest BCUT2D eigenvalue weighted by molar-refractivity contribution is -0.137. The van der Waals surface area contributed by atoms with Crippen LogP contribution in [0.2, 0.25) is 0 Å². The van der Waals surface area contributed by atoms with Gasteiger partial charge in [-0.05, 0) is 19.1 Å². The quantitative estimate of drug-likeness (QED) is 0.704. The molecule has 1 heterocycles. The number of carboxylic acids is 1. The average Bonchev–Trinajstić information content (AvgIpc) is 2.08. The van der Waals surface area contributed by atoms with Crippen LogP contribution in [0.5, 0.6) is 0 Å². The number of pyridine rings is 1. The van der Waals surface area contributed by atoms with Crippen molar-refractivity contribution >= 4 is 11.7 Å². The zero-order valence-corrected chi connectivity index (χ0v) is 6.61. The molecule has 0 fully saturated rings. The summed E-state index contributed by atoms with van der Waals surface area (Å²) in [6.07, 6.45) is 1.54. The lowest BCUT2D eigenvalue weighted by Crippen LogP contribution is -2.25. The number of nitrogens with one attached hydrogen (secondary N) is 1. The number of anilines is 1. The Morgan fingerprint density at radius 2 is 2.67 bits per heavy atom. The van der Waals surface area contributed by atoms with Crippen LogP contribution < -0.4 is 5.32 Å². The number of nitrogens with zero attached hydrogens (tertiary/aromatic N) is 1. The number of carbonyl (C=O) groups is 1. The molecule has 4 nitrogen and oxygen atoms in total. The third kappa shape index (κ3) is 2.23. The fourth-order valence-electron chi connectivity index (χ4n) is 0.702. The molecule has 0 spiro atoms. The van der Waals surface area contributed by atoms with E-state index in [1.54, 1.807) is 12.1 Å². The second-order valence-corrected chi connectivity index (χ2v) is 2.37. The third-order valence-corrected chi connectivity index (χ3v) is 1.35. The normalized spacial score (nSPS) is 13.2.